The van der Waals surface area contributed by atoms with Crippen LogP contribution in [0.3, 0.4) is 0 Å². The van der Waals surface area contributed by atoms with Gasteiger partial charge in [0.05, 0.1) is 18.1 Å². The smallest absolute Gasteiger partial charge is 0.147 e. The predicted octanol–water partition coefficient (Wildman–Crippen LogP) is 0.600. The van der Waals surface area contributed by atoms with Crippen LogP contribution in [-0.4, -0.2) is 46.7 Å². The van der Waals surface area contributed by atoms with E-state index >= 15 is 0 Å². The lowest BCUT2D eigenvalue weighted by Crippen LogP contribution is -2.58. The molecule has 0 aliphatic carbocycles. The predicted molar refractivity (Wildman–Crippen MR) is 68.8 cm³/mol. The lowest BCUT2D eigenvalue weighted by Gasteiger charge is -2.44. The van der Waals surface area contributed by atoms with Crippen molar-refractivity contribution in [3.05, 3.63) is 18.1 Å². The van der Waals surface area contributed by atoms with Crippen molar-refractivity contribution in [1.29, 1.82) is 0 Å². The highest BCUT2D eigenvalue weighted by Crippen LogP contribution is 2.19. The van der Waals surface area contributed by atoms with Crippen LogP contribution in [0.15, 0.2) is 12.4 Å². The van der Waals surface area contributed by atoms with E-state index < -0.39 is 0 Å². The summed E-state index contributed by atoms with van der Waals surface area (Å²) in [5, 5.41) is 0. The van der Waals surface area contributed by atoms with E-state index in [-0.39, 0.29) is 0 Å². The molecule has 1 saturated heterocycles. The van der Waals surface area contributed by atoms with E-state index in [1.165, 1.54) is 0 Å². The minimum absolute atomic E-state index is 0.451. The van der Waals surface area contributed by atoms with Gasteiger partial charge >= 0.3 is 0 Å². The summed E-state index contributed by atoms with van der Waals surface area (Å²) in [5.41, 5.74) is 6.72. The molecule has 94 valence electrons. The molecule has 17 heavy (non-hydrogen) atoms. The third kappa shape index (κ3) is 2.56. The van der Waals surface area contributed by atoms with E-state index in [9.17, 15) is 0 Å². The molecule has 2 N–H and O–H groups in total. The second-order valence-electron chi connectivity index (χ2n) is 4.82. The van der Waals surface area contributed by atoms with Crippen LogP contribution in [0, 0.1) is 6.92 Å². The highest BCUT2D eigenvalue weighted by molar-refractivity contribution is 5.37. The van der Waals surface area contributed by atoms with E-state index in [1.54, 1.807) is 0 Å². The number of nitrogens with zero attached hydrogens (tertiary/aromatic N) is 4. The maximum atomic E-state index is 5.77. The molecular weight excluding hydrogens is 214 g/mol. The van der Waals surface area contributed by atoms with Gasteiger partial charge in [0.25, 0.3) is 0 Å². The summed E-state index contributed by atoms with van der Waals surface area (Å²) >= 11 is 0. The van der Waals surface area contributed by atoms with Crippen LogP contribution in [0.25, 0.3) is 0 Å². The Balaban J connectivity index is 2.11. The summed E-state index contributed by atoms with van der Waals surface area (Å²) in [5.74, 6) is 0.964. The van der Waals surface area contributed by atoms with E-state index in [0.29, 0.717) is 18.8 Å². The van der Waals surface area contributed by atoms with Crippen molar-refractivity contribution in [1.82, 2.24) is 14.9 Å². The van der Waals surface area contributed by atoms with Gasteiger partial charge in [0.1, 0.15) is 5.82 Å². The van der Waals surface area contributed by atoms with Crippen molar-refractivity contribution < 1.29 is 0 Å². The van der Waals surface area contributed by atoms with Gasteiger partial charge in [-0.1, -0.05) is 0 Å². The van der Waals surface area contributed by atoms with Gasteiger partial charge in [-0.3, -0.25) is 9.88 Å². The molecule has 1 fully saturated rings. The number of aromatic nitrogens is 2. The monoisotopic (exact) mass is 235 g/mol. The number of hydrogen-bond donors (Lipinski definition) is 1. The Bertz CT molecular complexity index is 352. The molecule has 0 bridgehead atoms. The Hall–Kier alpha value is -1.20. The number of aryl methyl sites for hydroxylation is 1. The molecule has 1 aromatic rings. The van der Waals surface area contributed by atoms with Crippen LogP contribution in [0.1, 0.15) is 19.5 Å². The fourth-order valence-electron chi connectivity index (χ4n) is 2.45. The van der Waals surface area contributed by atoms with Crippen molar-refractivity contribution in [2.75, 3.05) is 24.7 Å². The van der Waals surface area contributed by atoms with Crippen LogP contribution in [-0.2, 0) is 0 Å². The van der Waals surface area contributed by atoms with Crippen molar-refractivity contribution in [2.24, 2.45) is 5.73 Å². The third-order valence-corrected chi connectivity index (χ3v) is 3.40. The van der Waals surface area contributed by atoms with Crippen LogP contribution < -0.4 is 10.6 Å². The summed E-state index contributed by atoms with van der Waals surface area (Å²) in [7, 11) is 0. The van der Waals surface area contributed by atoms with Gasteiger partial charge in [-0.2, -0.15) is 0 Å². The molecule has 0 radical (unpaired) electrons. The first kappa shape index (κ1) is 12.3. The summed E-state index contributed by atoms with van der Waals surface area (Å²) in [6, 6.07) is 0.902. The van der Waals surface area contributed by atoms with Gasteiger partial charge in [0.15, 0.2) is 0 Å². The highest BCUT2D eigenvalue weighted by Gasteiger charge is 2.28. The Morgan fingerprint density at radius 3 is 2.35 bits per heavy atom. The molecule has 1 aliphatic heterocycles. The lowest BCUT2D eigenvalue weighted by atomic mass is 10.1. The highest BCUT2D eigenvalue weighted by atomic mass is 15.3. The molecule has 2 heterocycles. The Morgan fingerprint density at radius 2 is 1.88 bits per heavy atom. The average Bonchev–Trinajstić information content (AvgIpc) is 2.29. The Labute approximate surface area is 103 Å². The van der Waals surface area contributed by atoms with Crippen LogP contribution in [0.4, 0.5) is 5.82 Å². The second kappa shape index (κ2) is 4.98. The minimum atomic E-state index is 0.451. The largest absolute Gasteiger partial charge is 0.352 e. The van der Waals surface area contributed by atoms with Crippen molar-refractivity contribution in [3.8, 4) is 0 Å². The van der Waals surface area contributed by atoms with E-state index in [0.717, 1.165) is 24.6 Å². The molecule has 5 heteroatoms. The quantitative estimate of drug-likeness (QED) is 0.813. The lowest BCUT2D eigenvalue weighted by molar-refractivity contribution is 0.135. The number of piperazine rings is 1. The molecule has 1 aromatic heterocycles. The minimum Gasteiger partial charge on any atom is -0.352 e. The van der Waals surface area contributed by atoms with Gasteiger partial charge in [0.2, 0.25) is 0 Å². The van der Waals surface area contributed by atoms with Crippen LogP contribution in [0.2, 0.25) is 0 Å². The van der Waals surface area contributed by atoms with E-state index in [2.05, 4.69) is 33.6 Å². The van der Waals surface area contributed by atoms with Crippen LogP contribution >= 0.6 is 0 Å². The van der Waals surface area contributed by atoms with Crippen molar-refractivity contribution in [3.63, 3.8) is 0 Å². The summed E-state index contributed by atoms with van der Waals surface area (Å²) in [6.07, 6.45) is 3.67. The molecule has 0 spiro atoms. The molecule has 0 aromatic carbocycles. The number of anilines is 1. The first-order valence-electron chi connectivity index (χ1n) is 6.11. The molecule has 5 nitrogen and oxygen atoms in total. The third-order valence-electron chi connectivity index (χ3n) is 3.40. The summed E-state index contributed by atoms with van der Waals surface area (Å²) < 4.78 is 0. The van der Waals surface area contributed by atoms with E-state index in [1.807, 2.05) is 19.3 Å². The van der Waals surface area contributed by atoms with Gasteiger partial charge in [-0.25, -0.2) is 4.98 Å². The number of nitrogens with two attached hydrogens (primary N) is 1. The molecule has 0 unspecified atom stereocenters. The van der Waals surface area contributed by atoms with Gasteiger partial charge in [-0.15, -0.1) is 0 Å². The Kier molecular flexibility index (Phi) is 3.59. The molecular formula is C12H21N5. The zero-order valence-corrected chi connectivity index (χ0v) is 10.8. The van der Waals surface area contributed by atoms with E-state index in [4.69, 9.17) is 5.73 Å². The second-order valence-corrected chi connectivity index (χ2v) is 4.82. The van der Waals surface area contributed by atoms with Crippen molar-refractivity contribution in [2.45, 2.75) is 32.9 Å². The van der Waals surface area contributed by atoms with Gasteiger partial charge in [-0.05, 0) is 20.8 Å². The fourth-order valence-corrected chi connectivity index (χ4v) is 2.45. The zero-order valence-electron chi connectivity index (χ0n) is 10.8. The first-order valence-corrected chi connectivity index (χ1v) is 6.11. The number of rotatable bonds is 2. The summed E-state index contributed by atoms with van der Waals surface area (Å²) in [6.45, 7) is 8.90. The van der Waals surface area contributed by atoms with Gasteiger partial charge < -0.3 is 10.6 Å². The zero-order chi connectivity index (χ0) is 12.4. The number of hydrogen-bond acceptors (Lipinski definition) is 5. The molecule has 1 aliphatic rings. The molecule has 2 rings (SSSR count). The fraction of sp³-hybridized carbons (Fsp3) is 0.667. The maximum absolute atomic E-state index is 5.77. The average molecular weight is 235 g/mol. The van der Waals surface area contributed by atoms with Crippen molar-refractivity contribution >= 4 is 5.82 Å². The molecule has 2 atom stereocenters. The topological polar surface area (TPSA) is 58.3 Å². The SMILES string of the molecule is Cc1cnc(N2C[C@@H](C)N(CN)[C@@H](C)C2)cn1. The Morgan fingerprint density at radius 1 is 1.24 bits per heavy atom. The first-order chi connectivity index (χ1) is 8.11. The van der Waals surface area contributed by atoms with Crippen LogP contribution in [0.5, 0.6) is 0 Å². The summed E-state index contributed by atoms with van der Waals surface area (Å²) in [4.78, 5) is 13.3. The molecule has 0 saturated carbocycles. The standard InChI is InChI=1S/C12H21N5/c1-9-4-15-12(5-14-9)16-6-10(2)17(8-13)11(3)7-16/h4-5,10-11H,6-8,13H2,1-3H3/t10-,11+. The normalized spacial score (nSPS) is 26.2. The van der Waals surface area contributed by atoms with Gasteiger partial charge in [0, 0.05) is 31.8 Å². The molecule has 0 amide bonds. The maximum Gasteiger partial charge on any atom is 0.147 e.